The summed E-state index contributed by atoms with van der Waals surface area (Å²) in [5.74, 6) is -3.98. The molecular weight excluding hydrogens is 977 g/mol. The zero-order chi connectivity index (χ0) is 45.6. The first-order valence-electron chi connectivity index (χ1n) is 20.5. The molecule has 339 valence electrons. The zero-order valence-corrected chi connectivity index (χ0v) is 39.9. The van der Waals surface area contributed by atoms with Crippen LogP contribution in [0.15, 0.2) is 88.4 Å². The van der Waals surface area contributed by atoms with Crippen molar-refractivity contribution in [1.29, 1.82) is 0 Å². The smallest absolute Gasteiger partial charge is 0.338 e. The molecule has 3 heterocycles. The van der Waals surface area contributed by atoms with E-state index in [9.17, 15) is 36.7 Å². The number of esters is 1. The number of halogens is 5. The minimum atomic E-state index is -1.24. The van der Waals surface area contributed by atoms with Gasteiger partial charge in [0.1, 0.15) is 30.2 Å². The summed E-state index contributed by atoms with van der Waals surface area (Å²) in [6.07, 6.45) is 10.8. The molecule has 1 atom stereocenters. The summed E-state index contributed by atoms with van der Waals surface area (Å²) in [7, 11) is 0. The van der Waals surface area contributed by atoms with Crippen molar-refractivity contribution in [3.63, 3.8) is 0 Å². The standard InChI is InChI=1S/C17H21FO4.C13H13FO3.C12H12FO.C7H4BrFO.Y/c1-2-22-17(20)10-16(19)14-9-12(5-6-15(14)18)8-13-4-3-7-21-11-13;14-12-2-1-10(8-11(12)13(15)16)7-9-3-5-17-6-4-9;13-12-3-1-10(2-4-12)9-11-5-7-14-8-6-11;8-6-3-5(4-10)1-2-7(6)9;/h5-6,9,13H,2-4,7-8,10-11H2,1H3;1-2,7-8H,3-6H2,(H,15,16);1-3,9H,5-8H2;1-4H;/q;;-1;;. The summed E-state index contributed by atoms with van der Waals surface area (Å²) in [4.78, 5) is 44.3. The van der Waals surface area contributed by atoms with Crippen molar-refractivity contribution in [2.45, 2.75) is 58.3 Å². The maximum Gasteiger partial charge on any atom is 0.338 e. The number of aromatic carboxylic acids is 1. The number of carbonyl (C=O) groups is 4. The number of hydrogen-bond acceptors (Lipinski definition) is 8. The van der Waals surface area contributed by atoms with Crippen LogP contribution in [0.5, 0.6) is 0 Å². The molecule has 4 aromatic rings. The van der Waals surface area contributed by atoms with Gasteiger partial charge in [-0.25, -0.2) is 22.4 Å². The quantitative estimate of drug-likeness (QED) is 0.0413. The van der Waals surface area contributed by atoms with Crippen LogP contribution in [0, 0.1) is 35.3 Å². The van der Waals surface area contributed by atoms with Gasteiger partial charge in [-0.15, -0.1) is 23.8 Å². The predicted octanol–water partition coefficient (Wildman–Crippen LogP) is 10.9. The van der Waals surface area contributed by atoms with Crippen LogP contribution in [0.25, 0.3) is 12.2 Å². The Kier molecular flexibility index (Phi) is 24.9. The summed E-state index contributed by atoms with van der Waals surface area (Å²) in [5.41, 5.74) is 5.35. The van der Waals surface area contributed by atoms with E-state index < -0.39 is 35.8 Å². The fourth-order valence-corrected chi connectivity index (χ4v) is 6.97. The molecule has 64 heavy (non-hydrogen) atoms. The third-order valence-corrected chi connectivity index (χ3v) is 10.4. The normalized spacial score (nSPS) is 15.5. The molecule has 0 aromatic heterocycles. The van der Waals surface area contributed by atoms with Crippen molar-refractivity contribution in [2.75, 3.05) is 46.2 Å². The molecule has 1 unspecified atom stereocenters. The fourth-order valence-electron chi connectivity index (χ4n) is 6.57. The molecule has 3 fully saturated rings. The molecule has 1 N–H and O–H groups in total. The molecule has 9 nitrogen and oxygen atoms in total. The molecule has 0 spiro atoms. The van der Waals surface area contributed by atoms with E-state index in [0.29, 0.717) is 42.1 Å². The largest absolute Gasteiger partial charge is 0.478 e. The van der Waals surface area contributed by atoms with E-state index in [0.717, 1.165) is 81.5 Å². The van der Waals surface area contributed by atoms with Gasteiger partial charge in [-0.1, -0.05) is 29.4 Å². The van der Waals surface area contributed by atoms with Crippen LogP contribution in [-0.2, 0) is 62.9 Å². The van der Waals surface area contributed by atoms with E-state index in [1.165, 1.54) is 53.6 Å². The number of rotatable bonds is 10. The van der Waals surface area contributed by atoms with Crippen LogP contribution >= 0.6 is 15.9 Å². The molecule has 1 radical (unpaired) electrons. The molecule has 0 aliphatic carbocycles. The van der Waals surface area contributed by atoms with Gasteiger partial charge in [0.2, 0.25) is 0 Å². The molecule has 0 saturated carbocycles. The number of ether oxygens (including phenoxy) is 4. The van der Waals surface area contributed by atoms with Gasteiger partial charge in [-0.05, 0) is 127 Å². The minimum Gasteiger partial charge on any atom is -0.478 e. The van der Waals surface area contributed by atoms with Crippen molar-refractivity contribution in [3.05, 3.63) is 151 Å². The van der Waals surface area contributed by atoms with Crippen molar-refractivity contribution in [3.8, 4) is 0 Å². The number of carboxylic acids is 1. The summed E-state index contributed by atoms with van der Waals surface area (Å²) in [6.45, 7) is 6.35. The fraction of sp³-hybridized carbons (Fsp3) is 0.347. The third-order valence-electron chi connectivity index (χ3n) is 9.83. The van der Waals surface area contributed by atoms with E-state index in [1.54, 1.807) is 37.3 Å². The van der Waals surface area contributed by atoms with Crippen LogP contribution in [-0.4, -0.2) is 75.4 Å². The summed E-state index contributed by atoms with van der Waals surface area (Å²) < 4.78 is 73.0. The molecule has 15 heteroatoms. The summed E-state index contributed by atoms with van der Waals surface area (Å²) in [6, 6.07) is 20.2. The van der Waals surface area contributed by atoms with Crippen molar-refractivity contribution in [1.82, 2.24) is 0 Å². The number of carboxylic acid groups (broad SMARTS) is 1. The monoisotopic (exact) mass is 1030 g/mol. The number of ketones is 1. The first-order valence-corrected chi connectivity index (χ1v) is 21.3. The first kappa shape index (κ1) is 54.2. The Morgan fingerprint density at radius 2 is 1.36 bits per heavy atom. The van der Waals surface area contributed by atoms with Crippen LogP contribution in [0.1, 0.15) is 99.6 Å². The molecule has 4 aromatic carbocycles. The number of aldehydes is 1. The number of Topliss-reactive ketones (excluding diaryl/α,β-unsaturated/α-hetero) is 1. The zero-order valence-electron chi connectivity index (χ0n) is 35.5. The number of hydrogen-bond donors (Lipinski definition) is 1. The van der Waals surface area contributed by atoms with Gasteiger partial charge >= 0.3 is 11.9 Å². The topological polar surface area (TPSA) is 125 Å². The van der Waals surface area contributed by atoms with Crippen molar-refractivity contribution in [2.24, 2.45) is 5.92 Å². The Hall–Kier alpha value is -4.18. The molecule has 0 amide bonds. The maximum atomic E-state index is 13.8. The van der Waals surface area contributed by atoms with E-state index in [-0.39, 0.29) is 62.1 Å². The second-order valence-electron chi connectivity index (χ2n) is 14.6. The molecular formula is C49H50BrF4O9Y-. The summed E-state index contributed by atoms with van der Waals surface area (Å²) in [5, 5.41) is 8.82. The van der Waals surface area contributed by atoms with Gasteiger partial charge in [0.05, 0.1) is 48.6 Å². The maximum absolute atomic E-state index is 13.8. The van der Waals surface area contributed by atoms with Crippen LogP contribution in [0.4, 0.5) is 17.6 Å². The molecule has 0 bridgehead atoms. The Morgan fingerprint density at radius 3 is 1.92 bits per heavy atom. The predicted molar refractivity (Wildman–Crippen MR) is 233 cm³/mol. The van der Waals surface area contributed by atoms with Crippen molar-refractivity contribution < 1.29 is 93.5 Å². The van der Waals surface area contributed by atoms with E-state index >= 15 is 0 Å². The van der Waals surface area contributed by atoms with Gasteiger partial charge < -0.3 is 24.1 Å². The van der Waals surface area contributed by atoms with Crippen LogP contribution in [0.2, 0.25) is 0 Å². The number of carbonyl (C=O) groups excluding carboxylic acids is 3. The third kappa shape index (κ3) is 19.5. The summed E-state index contributed by atoms with van der Waals surface area (Å²) >= 11 is 2.95. The van der Waals surface area contributed by atoms with Gasteiger partial charge in [-0.3, -0.25) is 14.4 Å². The minimum absolute atomic E-state index is 0. The molecule has 3 aliphatic rings. The van der Waals surface area contributed by atoms with E-state index in [1.807, 2.05) is 6.08 Å². The van der Waals surface area contributed by atoms with Crippen molar-refractivity contribution >= 4 is 52.1 Å². The van der Waals surface area contributed by atoms with Crippen LogP contribution < -0.4 is 0 Å². The molecule has 3 aliphatic heterocycles. The van der Waals surface area contributed by atoms with Gasteiger partial charge in [0.25, 0.3) is 0 Å². The average molecular weight is 1030 g/mol. The molecule has 3 saturated heterocycles. The van der Waals surface area contributed by atoms with Gasteiger partial charge in [-0.2, -0.15) is 12.1 Å². The second kappa shape index (κ2) is 29.4. The number of benzene rings is 4. The Bertz CT molecular complexity index is 2190. The second-order valence-corrected chi connectivity index (χ2v) is 15.5. The average Bonchev–Trinajstić information content (AvgIpc) is 3.28. The Morgan fingerprint density at radius 1 is 0.766 bits per heavy atom. The van der Waals surface area contributed by atoms with Crippen LogP contribution in [0.3, 0.4) is 0 Å². The first-order chi connectivity index (χ1) is 30.3. The van der Waals surface area contributed by atoms with E-state index in [4.69, 9.17) is 24.1 Å². The SMILES string of the molecule is CCOC(=O)CC(=O)c1cc(CC2CCCOC2)ccc1F.Fc1[c-]cc(C=C2CCOCC2)cc1.O=C(O)c1cc(C=C2CCOCC2)ccc1F.O=Cc1ccc(F)c(Br)c1.[Y]. The van der Waals surface area contributed by atoms with Gasteiger partial charge in [0, 0.05) is 57.3 Å². The Labute approximate surface area is 404 Å². The molecule has 7 rings (SSSR count). The van der Waals surface area contributed by atoms with E-state index in [2.05, 4.69) is 28.1 Å². The Balaban J connectivity index is 0.000000234. The van der Waals surface area contributed by atoms with Gasteiger partial charge in [0.15, 0.2) is 5.78 Å².